The number of nitrogens with zero attached hydrogens (tertiary/aromatic N) is 2. The van der Waals surface area contributed by atoms with Gasteiger partial charge in [0.25, 0.3) is 0 Å². The molecule has 3 rings (SSSR count). The minimum absolute atomic E-state index is 0.0664. The normalized spacial score (nSPS) is 14.0. The van der Waals surface area contributed by atoms with Crippen LogP contribution in [0.2, 0.25) is 0 Å². The molecule has 0 fully saturated rings. The average molecular weight is 348 g/mol. The van der Waals surface area contributed by atoms with Crippen LogP contribution in [0.25, 0.3) is 0 Å². The predicted octanol–water partition coefficient (Wildman–Crippen LogP) is 3.73. The SMILES string of the molecule is CN(CC(=O)N1CCc2ccccc21)Cc1ccccc1C(F)(F)F. The zero-order valence-corrected chi connectivity index (χ0v) is 13.9. The van der Waals surface area contributed by atoms with Gasteiger partial charge in [-0.05, 0) is 36.7 Å². The third kappa shape index (κ3) is 3.85. The molecule has 0 atom stereocenters. The van der Waals surface area contributed by atoms with Gasteiger partial charge < -0.3 is 4.90 Å². The molecule has 0 saturated heterocycles. The molecule has 25 heavy (non-hydrogen) atoms. The third-order valence-corrected chi connectivity index (χ3v) is 4.36. The van der Waals surface area contributed by atoms with Crippen molar-refractivity contribution >= 4 is 11.6 Å². The van der Waals surface area contributed by atoms with Gasteiger partial charge in [0.15, 0.2) is 0 Å². The summed E-state index contributed by atoms with van der Waals surface area (Å²) >= 11 is 0. The molecule has 0 unspecified atom stereocenters. The molecule has 0 aliphatic carbocycles. The van der Waals surface area contributed by atoms with Crippen LogP contribution < -0.4 is 4.90 Å². The van der Waals surface area contributed by atoms with Crippen molar-refractivity contribution in [1.82, 2.24) is 4.90 Å². The summed E-state index contributed by atoms with van der Waals surface area (Å²) < 4.78 is 39.2. The summed E-state index contributed by atoms with van der Waals surface area (Å²) in [5, 5.41) is 0. The molecule has 2 aromatic carbocycles. The van der Waals surface area contributed by atoms with Gasteiger partial charge in [0, 0.05) is 18.8 Å². The van der Waals surface area contributed by atoms with Crippen molar-refractivity contribution in [3.63, 3.8) is 0 Å². The van der Waals surface area contributed by atoms with E-state index in [2.05, 4.69) is 0 Å². The number of benzene rings is 2. The first kappa shape index (κ1) is 17.5. The maximum atomic E-state index is 13.1. The third-order valence-electron chi connectivity index (χ3n) is 4.36. The first-order valence-corrected chi connectivity index (χ1v) is 8.08. The fourth-order valence-corrected chi connectivity index (χ4v) is 3.19. The van der Waals surface area contributed by atoms with Crippen LogP contribution in [0.15, 0.2) is 48.5 Å². The molecule has 1 aliphatic heterocycles. The summed E-state index contributed by atoms with van der Waals surface area (Å²) in [6.45, 7) is 0.753. The number of alkyl halides is 3. The second kappa shape index (κ2) is 6.88. The van der Waals surface area contributed by atoms with Gasteiger partial charge in [-0.25, -0.2) is 0 Å². The molecule has 0 bridgehead atoms. The van der Waals surface area contributed by atoms with Crippen LogP contribution in [0.3, 0.4) is 0 Å². The van der Waals surface area contributed by atoms with Crippen molar-refractivity contribution in [3.05, 3.63) is 65.2 Å². The van der Waals surface area contributed by atoms with Crippen molar-refractivity contribution in [3.8, 4) is 0 Å². The standard InChI is InChI=1S/C19H19F3N2O/c1-23(12-15-7-2-4-8-16(15)19(20,21)22)13-18(25)24-11-10-14-6-3-5-9-17(14)24/h2-9H,10-13H2,1H3. The topological polar surface area (TPSA) is 23.6 Å². The molecule has 0 spiro atoms. The lowest BCUT2D eigenvalue weighted by atomic mass is 10.1. The highest BCUT2D eigenvalue weighted by atomic mass is 19.4. The van der Waals surface area contributed by atoms with E-state index in [1.807, 2.05) is 24.3 Å². The Morgan fingerprint density at radius 1 is 1.12 bits per heavy atom. The van der Waals surface area contributed by atoms with Gasteiger partial charge >= 0.3 is 6.18 Å². The van der Waals surface area contributed by atoms with Crippen LogP contribution in [-0.2, 0) is 23.9 Å². The monoisotopic (exact) mass is 348 g/mol. The van der Waals surface area contributed by atoms with Gasteiger partial charge in [0.1, 0.15) is 0 Å². The molecule has 132 valence electrons. The van der Waals surface area contributed by atoms with E-state index in [1.165, 1.54) is 12.1 Å². The van der Waals surface area contributed by atoms with E-state index in [0.717, 1.165) is 23.7 Å². The second-order valence-corrected chi connectivity index (χ2v) is 6.25. The Morgan fingerprint density at radius 2 is 1.80 bits per heavy atom. The number of hydrogen-bond acceptors (Lipinski definition) is 2. The van der Waals surface area contributed by atoms with E-state index >= 15 is 0 Å². The van der Waals surface area contributed by atoms with Gasteiger partial charge in [0.05, 0.1) is 12.1 Å². The molecular formula is C19H19F3N2O. The Hall–Kier alpha value is -2.34. The molecule has 1 amide bonds. The highest BCUT2D eigenvalue weighted by Crippen LogP contribution is 2.32. The van der Waals surface area contributed by atoms with Gasteiger partial charge in [0.2, 0.25) is 5.91 Å². The van der Waals surface area contributed by atoms with Crippen molar-refractivity contribution in [2.75, 3.05) is 25.0 Å². The zero-order valence-electron chi connectivity index (χ0n) is 13.9. The number of amides is 1. The fraction of sp³-hybridized carbons (Fsp3) is 0.316. The highest BCUT2D eigenvalue weighted by Gasteiger charge is 2.33. The maximum Gasteiger partial charge on any atom is 0.416 e. The number of likely N-dealkylation sites (N-methyl/N-ethyl adjacent to an activating group) is 1. The maximum absolute atomic E-state index is 13.1. The number of fused-ring (bicyclic) bond motifs is 1. The summed E-state index contributed by atoms with van der Waals surface area (Å²) in [7, 11) is 1.66. The van der Waals surface area contributed by atoms with E-state index < -0.39 is 11.7 Å². The Kier molecular flexibility index (Phi) is 4.81. The molecule has 1 aliphatic rings. The quantitative estimate of drug-likeness (QED) is 0.841. The van der Waals surface area contributed by atoms with Crippen LogP contribution in [0, 0.1) is 0 Å². The van der Waals surface area contributed by atoms with Crippen LogP contribution in [0.4, 0.5) is 18.9 Å². The van der Waals surface area contributed by atoms with Gasteiger partial charge in [-0.15, -0.1) is 0 Å². The van der Waals surface area contributed by atoms with Crippen molar-refractivity contribution in [1.29, 1.82) is 0 Å². The number of carbonyl (C=O) groups excluding carboxylic acids is 1. The van der Waals surface area contributed by atoms with Gasteiger partial charge in [-0.3, -0.25) is 9.69 Å². The van der Waals surface area contributed by atoms with E-state index in [9.17, 15) is 18.0 Å². The Balaban J connectivity index is 1.68. The summed E-state index contributed by atoms with van der Waals surface area (Å²) in [6, 6.07) is 13.2. The average Bonchev–Trinajstić information content (AvgIpc) is 2.98. The molecule has 3 nitrogen and oxygen atoms in total. The van der Waals surface area contributed by atoms with E-state index in [0.29, 0.717) is 6.54 Å². The number of para-hydroxylation sites is 1. The van der Waals surface area contributed by atoms with Crippen molar-refractivity contribution in [2.24, 2.45) is 0 Å². The molecular weight excluding hydrogens is 329 g/mol. The van der Waals surface area contributed by atoms with E-state index in [-0.39, 0.29) is 24.6 Å². The summed E-state index contributed by atoms with van der Waals surface area (Å²) in [5.41, 5.74) is 1.55. The van der Waals surface area contributed by atoms with Crippen LogP contribution in [0.1, 0.15) is 16.7 Å². The van der Waals surface area contributed by atoms with Crippen LogP contribution >= 0.6 is 0 Å². The highest BCUT2D eigenvalue weighted by molar-refractivity contribution is 5.96. The number of anilines is 1. The van der Waals surface area contributed by atoms with Crippen molar-refractivity contribution < 1.29 is 18.0 Å². The Bertz CT molecular complexity index is 773. The molecule has 0 aromatic heterocycles. The molecule has 0 N–H and O–H groups in total. The largest absolute Gasteiger partial charge is 0.416 e. The lowest BCUT2D eigenvalue weighted by molar-refractivity contribution is -0.138. The van der Waals surface area contributed by atoms with Crippen molar-refractivity contribution in [2.45, 2.75) is 19.1 Å². The smallest absolute Gasteiger partial charge is 0.311 e. The summed E-state index contributed by atoms with van der Waals surface area (Å²) in [6.07, 6.45) is -3.59. The zero-order chi connectivity index (χ0) is 18.0. The first-order valence-electron chi connectivity index (χ1n) is 8.08. The van der Waals surface area contributed by atoms with E-state index in [4.69, 9.17) is 0 Å². The summed E-state index contributed by atoms with van der Waals surface area (Å²) in [4.78, 5) is 15.9. The second-order valence-electron chi connectivity index (χ2n) is 6.25. The van der Waals surface area contributed by atoms with Crippen LogP contribution in [0.5, 0.6) is 0 Å². The molecule has 1 heterocycles. The minimum Gasteiger partial charge on any atom is -0.311 e. The predicted molar refractivity (Wildman–Crippen MR) is 90.3 cm³/mol. The lowest BCUT2D eigenvalue weighted by Crippen LogP contribution is -2.38. The fourth-order valence-electron chi connectivity index (χ4n) is 3.19. The molecule has 6 heteroatoms. The minimum atomic E-state index is -4.39. The van der Waals surface area contributed by atoms with E-state index in [1.54, 1.807) is 22.9 Å². The number of halogens is 3. The molecule has 0 saturated carbocycles. The Labute approximate surface area is 144 Å². The Morgan fingerprint density at radius 3 is 2.56 bits per heavy atom. The first-order chi connectivity index (χ1) is 11.9. The lowest BCUT2D eigenvalue weighted by Gasteiger charge is -2.23. The van der Waals surface area contributed by atoms with Gasteiger partial charge in [-0.2, -0.15) is 13.2 Å². The number of hydrogen-bond donors (Lipinski definition) is 0. The number of carbonyl (C=O) groups is 1. The van der Waals surface area contributed by atoms with Crippen LogP contribution in [-0.4, -0.2) is 30.9 Å². The van der Waals surface area contributed by atoms with Gasteiger partial charge in [-0.1, -0.05) is 36.4 Å². The molecule has 0 radical (unpaired) electrons. The molecule has 2 aromatic rings. The summed E-state index contributed by atoms with van der Waals surface area (Å²) in [5.74, 6) is -0.100. The number of rotatable bonds is 4.